The number of nitrogens with one attached hydrogen (secondary N) is 1. The van der Waals surface area contributed by atoms with Crippen molar-refractivity contribution in [1.29, 1.82) is 0 Å². The predicted molar refractivity (Wildman–Crippen MR) is 98.4 cm³/mol. The third-order valence-corrected chi connectivity index (χ3v) is 4.53. The van der Waals surface area contributed by atoms with E-state index in [2.05, 4.69) is 20.4 Å². The van der Waals surface area contributed by atoms with Crippen LogP contribution in [0.4, 0.5) is 0 Å². The molecule has 1 aromatic carbocycles. The minimum atomic E-state index is -1.68. The van der Waals surface area contributed by atoms with E-state index in [9.17, 15) is 4.79 Å². The molecule has 4 rings (SSSR count). The Morgan fingerprint density at radius 2 is 2.15 bits per heavy atom. The van der Waals surface area contributed by atoms with E-state index < -0.39 is 5.11 Å². The van der Waals surface area contributed by atoms with Gasteiger partial charge in [-0.25, -0.2) is 4.98 Å². The zero-order chi connectivity index (χ0) is 19.2. The molecule has 0 saturated heterocycles. The zero-order valence-corrected chi connectivity index (χ0v) is 14.6. The molecule has 1 amide bonds. The van der Waals surface area contributed by atoms with Gasteiger partial charge in [0.2, 0.25) is 17.5 Å². The van der Waals surface area contributed by atoms with E-state index in [0.717, 1.165) is 29.5 Å². The molecule has 6 radical (unpaired) electrons. The first-order valence-electron chi connectivity index (χ1n) is 8.38. The summed E-state index contributed by atoms with van der Waals surface area (Å²) >= 11 is 0. The Labute approximate surface area is 159 Å². The van der Waals surface area contributed by atoms with Crippen LogP contribution in [0.2, 0.25) is 0 Å². The summed E-state index contributed by atoms with van der Waals surface area (Å²) < 4.78 is 10.2. The molecule has 0 saturated carbocycles. The van der Waals surface area contributed by atoms with Crippen LogP contribution in [0.5, 0.6) is 0 Å². The molecule has 0 bridgehead atoms. The van der Waals surface area contributed by atoms with Crippen molar-refractivity contribution in [3.8, 4) is 11.4 Å². The zero-order valence-electron chi connectivity index (χ0n) is 14.6. The summed E-state index contributed by atoms with van der Waals surface area (Å²) in [6, 6.07) is 5.65. The fourth-order valence-electron chi connectivity index (χ4n) is 3.17. The van der Waals surface area contributed by atoms with Crippen LogP contribution in [0.15, 0.2) is 33.5 Å². The monoisotopic (exact) mass is 354 g/mol. The van der Waals surface area contributed by atoms with Crippen LogP contribution in [-0.4, -0.2) is 44.6 Å². The van der Waals surface area contributed by atoms with Crippen molar-refractivity contribution in [3.63, 3.8) is 0 Å². The van der Waals surface area contributed by atoms with Gasteiger partial charge in [0.1, 0.15) is 0 Å². The summed E-state index contributed by atoms with van der Waals surface area (Å²) in [5, 5.41) is 5.18. The standard InChI is InChI=1S/C17H13B3N4O3/c1-8-13(26-7-21-8)15(25)22-12-5-3-9-6-10(2-4-11(9)12)14-23-16(27-24-14)17(18,19)20/h2,4,6-7,12H,3,5H2,1H3,(H,22,25)/t12-/m1/s1. The Hall–Kier alpha value is -2.77. The van der Waals surface area contributed by atoms with Crippen LogP contribution < -0.4 is 5.32 Å². The van der Waals surface area contributed by atoms with Gasteiger partial charge in [0.25, 0.3) is 5.91 Å². The summed E-state index contributed by atoms with van der Waals surface area (Å²) in [4.78, 5) is 20.5. The number of carbonyl (C=O) groups excluding carboxylic acids is 1. The molecule has 7 nitrogen and oxygen atoms in total. The van der Waals surface area contributed by atoms with Crippen LogP contribution in [0.3, 0.4) is 0 Å². The topological polar surface area (TPSA) is 94.1 Å². The lowest BCUT2D eigenvalue weighted by molar-refractivity contribution is 0.0908. The number of amides is 1. The van der Waals surface area contributed by atoms with E-state index in [1.807, 2.05) is 18.2 Å². The Kier molecular flexibility index (Phi) is 4.21. The van der Waals surface area contributed by atoms with E-state index in [-0.39, 0.29) is 23.6 Å². The fraction of sp³-hybridized carbons (Fsp3) is 0.294. The highest BCUT2D eigenvalue weighted by Gasteiger charge is 2.27. The number of benzene rings is 1. The Balaban J connectivity index is 1.55. The highest BCUT2D eigenvalue weighted by molar-refractivity contribution is 6.58. The molecule has 0 fully saturated rings. The second kappa shape index (κ2) is 6.44. The van der Waals surface area contributed by atoms with E-state index in [1.165, 1.54) is 6.39 Å². The number of hydrogen-bond donors (Lipinski definition) is 1. The summed E-state index contributed by atoms with van der Waals surface area (Å²) in [7, 11) is 16.7. The number of hydrogen-bond acceptors (Lipinski definition) is 6. The molecule has 0 spiro atoms. The number of aryl methyl sites for hydroxylation is 2. The summed E-state index contributed by atoms with van der Waals surface area (Å²) in [5.41, 5.74) is 3.45. The highest BCUT2D eigenvalue weighted by atomic mass is 16.5. The number of fused-ring (bicyclic) bond motifs is 1. The molecule has 10 heteroatoms. The number of rotatable bonds is 4. The molecule has 0 unspecified atom stereocenters. The van der Waals surface area contributed by atoms with Crippen molar-refractivity contribution in [3.05, 3.63) is 53.1 Å². The second-order valence-electron chi connectivity index (χ2n) is 6.60. The SMILES string of the molecule is [B]C([B])([B])c1nc(-c2ccc3c(c2)CC[C@H]3NC(=O)c2ocnc2C)no1. The van der Waals surface area contributed by atoms with Crippen molar-refractivity contribution in [2.24, 2.45) is 0 Å². The van der Waals surface area contributed by atoms with E-state index in [0.29, 0.717) is 11.5 Å². The molecule has 2 aromatic heterocycles. The quantitative estimate of drug-likeness (QED) is 0.705. The Bertz CT molecular complexity index is 1010. The largest absolute Gasteiger partial charge is 0.438 e. The van der Waals surface area contributed by atoms with Crippen LogP contribution in [0.1, 0.15) is 45.7 Å². The lowest BCUT2D eigenvalue weighted by atomic mass is 9.42. The van der Waals surface area contributed by atoms with Gasteiger partial charge >= 0.3 is 0 Å². The number of oxazole rings is 1. The van der Waals surface area contributed by atoms with Crippen molar-refractivity contribution < 1.29 is 13.7 Å². The Morgan fingerprint density at radius 3 is 2.81 bits per heavy atom. The van der Waals surface area contributed by atoms with Crippen molar-refractivity contribution in [2.75, 3.05) is 0 Å². The summed E-state index contributed by atoms with van der Waals surface area (Å²) in [6.45, 7) is 1.73. The lowest BCUT2D eigenvalue weighted by Gasteiger charge is -2.13. The molecule has 1 aliphatic rings. The van der Waals surface area contributed by atoms with Gasteiger partial charge in [-0.3, -0.25) is 4.79 Å². The predicted octanol–water partition coefficient (Wildman–Crippen LogP) is 1.07. The average Bonchev–Trinajstić information content (AvgIpc) is 3.33. The van der Waals surface area contributed by atoms with Gasteiger partial charge in [-0.2, -0.15) is 4.98 Å². The summed E-state index contributed by atoms with van der Waals surface area (Å²) in [5.74, 6) is 0.252. The third-order valence-electron chi connectivity index (χ3n) is 4.53. The van der Waals surface area contributed by atoms with E-state index in [1.54, 1.807) is 6.92 Å². The minimum Gasteiger partial charge on any atom is -0.438 e. The highest BCUT2D eigenvalue weighted by Crippen LogP contribution is 2.34. The average molecular weight is 354 g/mol. The normalized spacial score (nSPS) is 16.3. The lowest BCUT2D eigenvalue weighted by Crippen LogP contribution is -2.27. The molecular weight excluding hydrogens is 341 g/mol. The minimum absolute atomic E-state index is 0.0504. The van der Waals surface area contributed by atoms with Gasteiger partial charge in [-0.15, -0.1) is 0 Å². The first-order chi connectivity index (χ1) is 12.8. The van der Waals surface area contributed by atoms with Crippen LogP contribution >= 0.6 is 0 Å². The molecule has 2 heterocycles. The van der Waals surface area contributed by atoms with Crippen LogP contribution in [-0.2, 0) is 11.5 Å². The maximum absolute atomic E-state index is 12.4. The second-order valence-corrected chi connectivity index (χ2v) is 6.60. The molecule has 1 aliphatic carbocycles. The first kappa shape index (κ1) is 17.6. The van der Waals surface area contributed by atoms with Crippen LogP contribution in [0.25, 0.3) is 11.4 Å². The van der Waals surface area contributed by atoms with Gasteiger partial charge in [0.05, 0.1) is 35.3 Å². The molecule has 3 aromatic rings. The number of carbonyl (C=O) groups is 1. The third kappa shape index (κ3) is 3.31. The summed E-state index contributed by atoms with van der Waals surface area (Å²) in [6.07, 6.45) is 2.85. The van der Waals surface area contributed by atoms with Crippen LogP contribution in [0, 0.1) is 6.92 Å². The van der Waals surface area contributed by atoms with Gasteiger partial charge in [0.15, 0.2) is 6.39 Å². The maximum Gasteiger partial charge on any atom is 0.289 e. The van der Waals surface area contributed by atoms with Gasteiger partial charge < -0.3 is 14.3 Å². The van der Waals surface area contributed by atoms with E-state index in [4.69, 9.17) is 32.5 Å². The molecule has 1 N–H and O–H groups in total. The maximum atomic E-state index is 12.4. The smallest absolute Gasteiger partial charge is 0.289 e. The molecule has 27 heavy (non-hydrogen) atoms. The van der Waals surface area contributed by atoms with Gasteiger partial charge in [-0.1, -0.05) is 22.4 Å². The van der Waals surface area contributed by atoms with Crippen molar-refractivity contribution in [1.82, 2.24) is 20.4 Å². The molecular formula is C17H13B3N4O3. The molecule has 128 valence electrons. The molecule has 0 aliphatic heterocycles. The van der Waals surface area contributed by atoms with Crippen molar-refractivity contribution in [2.45, 2.75) is 30.9 Å². The fourth-order valence-corrected chi connectivity index (χ4v) is 3.17. The van der Waals surface area contributed by atoms with E-state index >= 15 is 0 Å². The van der Waals surface area contributed by atoms with Crippen molar-refractivity contribution >= 4 is 29.4 Å². The Morgan fingerprint density at radius 1 is 1.33 bits per heavy atom. The first-order valence-corrected chi connectivity index (χ1v) is 8.38. The van der Waals surface area contributed by atoms with Gasteiger partial charge in [0, 0.05) is 5.56 Å². The number of aromatic nitrogens is 3. The molecule has 1 atom stereocenters. The van der Waals surface area contributed by atoms with Gasteiger partial charge in [-0.05, 0) is 37.0 Å². The number of nitrogens with zero attached hydrogens (tertiary/aromatic N) is 3.